The molecule has 236 valence electrons. The zero-order valence-electron chi connectivity index (χ0n) is 25.1. The smallest absolute Gasteiger partial charge is 0.408 e. The maximum Gasteiger partial charge on any atom is 0.408 e. The molecule has 1 aromatic heterocycles. The molecule has 1 saturated carbocycles. The van der Waals surface area contributed by atoms with Crippen LogP contribution in [0.15, 0.2) is 67.3 Å². The number of carbonyl (C=O) groups is 4. The van der Waals surface area contributed by atoms with E-state index in [0.717, 1.165) is 42.7 Å². The number of benzene rings is 2. The summed E-state index contributed by atoms with van der Waals surface area (Å²) in [5.41, 5.74) is 7.95. The van der Waals surface area contributed by atoms with Gasteiger partial charge >= 0.3 is 6.09 Å². The van der Waals surface area contributed by atoms with Gasteiger partial charge in [0.15, 0.2) is 0 Å². The Morgan fingerprint density at radius 1 is 1.09 bits per heavy atom. The molecule has 1 aliphatic carbocycles. The van der Waals surface area contributed by atoms with Gasteiger partial charge in [-0.3, -0.25) is 14.4 Å². The van der Waals surface area contributed by atoms with Crippen LogP contribution in [0.2, 0.25) is 0 Å². The van der Waals surface area contributed by atoms with E-state index in [4.69, 9.17) is 24.9 Å². The largest absolute Gasteiger partial charge is 0.497 e. The summed E-state index contributed by atoms with van der Waals surface area (Å²) in [6, 6.07) is 14.7. The number of hydrogen-bond acceptors (Lipinski definition) is 8. The number of fused-ring (bicyclic) bond motifs is 1. The van der Waals surface area contributed by atoms with Gasteiger partial charge in [-0.1, -0.05) is 36.9 Å². The lowest BCUT2D eigenvalue weighted by Gasteiger charge is -2.28. The van der Waals surface area contributed by atoms with Crippen LogP contribution in [-0.2, 0) is 19.1 Å². The quantitative estimate of drug-likeness (QED) is 0.277. The van der Waals surface area contributed by atoms with Crippen LogP contribution in [0.4, 0.5) is 4.79 Å². The van der Waals surface area contributed by atoms with Gasteiger partial charge in [-0.15, -0.1) is 0 Å². The predicted molar refractivity (Wildman–Crippen MR) is 166 cm³/mol. The molecule has 0 radical (unpaired) electrons. The summed E-state index contributed by atoms with van der Waals surface area (Å²) in [7, 11) is 1.58. The van der Waals surface area contributed by atoms with Crippen molar-refractivity contribution < 1.29 is 33.4 Å². The van der Waals surface area contributed by atoms with Gasteiger partial charge < -0.3 is 35.5 Å². The Morgan fingerprint density at radius 2 is 1.84 bits per heavy atom. The molecule has 3 aromatic rings. The minimum Gasteiger partial charge on any atom is -0.497 e. The molecule has 45 heavy (non-hydrogen) atoms. The van der Waals surface area contributed by atoms with Gasteiger partial charge in [0.25, 0.3) is 0 Å². The van der Waals surface area contributed by atoms with Gasteiger partial charge in [-0.05, 0) is 43.9 Å². The number of primary amides is 1. The fourth-order valence-electron chi connectivity index (χ4n) is 5.74. The van der Waals surface area contributed by atoms with Crippen molar-refractivity contribution in [3.8, 4) is 22.8 Å². The van der Waals surface area contributed by atoms with Gasteiger partial charge in [0.05, 0.1) is 24.9 Å². The van der Waals surface area contributed by atoms with E-state index in [-0.39, 0.29) is 25.6 Å². The molecule has 2 heterocycles. The topological polar surface area (TPSA) is 162 Å². The summed E-state index contributed by atoms with van der Waals surface area (Å²) in [4.78, 5) is 57.2. The minimum absolute atomic E-state index is 0.0122. The molecule has 4 N–H and O–H groups in total. The zero-order chi connectivity index (χ0) is 31.9. The third-order valence-electron chi connectivity index (χ3n) is 8.05. The van der Waals surface area contributed by atoms with Crippen LogP contribution in [0, 0.1) is 0 Å². The average Bonchev–Trinajstić information content (AvgIpc) is 3.72. The molecule has 1 aliphatic heterocycles. The van der Waals surface area contributed by atoms with E-state index in [1.165, 1.54) is 4.90 Å². The highest BCUT2D eigenvalue weighted by Crippen LogP contribution is 2.34. The number of nitrogens with two attached hydrogens (primary N) is 1. The lowest BCUT2D eigenvalue weighted by molar-refractivity contribution is -0.139. The maximum atomic E-state index is 13.8. The summed E-state index contributed by atoms with van der Waals surface area (Å²) in [6.07, 6.45) is 2.97. The highest BCUT2D eigenvalue weighted by molar-refractivity contribution is 5.93. The highest BCUT2D eigenvalue weighted by Gasteiger charge is 2.42. The molecule has 5 rings (SSSR count). The molecule has 2 aromatic carbocycles. The molecular formula is C33H37N5O7. The first kappa shape index (κ1) is 31.3. The van der Waals surface area contributed by atoms with Crippen molar-refractivity contribution in [2.24, 2.45) is 5.73 Å². The van der Waals surface area contributed by atoms with E-state index in [1.807, 2.05) is 48.5 Å². The number of carbonyl (C=O) groups excluding carboxylic acids is 4. The molecule has 0 bridgehead atoms. The van der Waals surface area contributed by atoms with E-state index in [1.54, 1.807) is 13.2 Å². The van der Waals surface area contributed by atoms with E-state index in [2.05, 4.69) is 17.2 Å². The molecular weight excluding hydrogens is 578 g/mol. The number of nitrogens with one attached hydrogen (secondary N) is 2. The van der Waals surface area contributed by atoms with Crippen LogP contribution >= 0.6 is 0 Å². The number of hydrogen-bond donors (Lipinski definition) is 3. The normalized spacial score (nSPS) is 18.6. The van der Waals surface area contributed by atoms with Gasteiger partial charge in [-0.25, -0.2) is 9.78 Å². The first-order valence-electron chi connectivity index (χ1n) is 14.9. The van der Waals surface area contributed by atoms with Gasteiger partial charge in [0, 0.05) is 36.0 Å². The molecule has 12 heteroatoms. The summed E-state index contributed by atoms with van der Waals surface area (Å²) < 4.78 is 17.4. The van der Waals surface area contributed by atoms with Crippen LogP contribution in [0.1, 0.15) is 32.1 Å². The second-order valence-corrected chi connectivity index (χ2v) is 11.1. The molecule has 4 amide bonds. The molecule has 0 unspecified atom stereocenters. The second kappa shape index (κ2) is 14.1. The fourth-order valence-corrected chi connectivity index (χ4v) is 5.74. The highest BCUT2D eigenvalue weighted by atomic mass is 16.6. The number of methoxy groups -OCH3 is 1. The van der Waals surface area contributed by atoms with Crippen LogP contribution in [0.25, 0.3) is 22.2 Å². The van der Waals surface area contributed by atoms with Gasteiger partial charge in [-0.2, -0.15) is 0 Å². The Labute approximate surface area is 260 Å². The van der Waals surface area contributed by atoms with Crippen LogP contribution in [0.3, 0.4) is 0 Å². The summed E-state index contributed by atoms with van der Waals surface area (Å²) in [5.74, 6) is -0.704. The minimum atomic E-state index is -1.22. The average molecular weight is 616 g/mol. The van der Waals surface area contributed by atoms with Crippen LogP contribution < -0.4 is 25.8 Å². The summed E-state index contributed by atoms with van der Waals surface area (Å²) in [6.45, 7) is 3.19. The molecule has 3 atom stereocenters. The lowest BCUT2D eigenvalue weighted by atomic mass is 10.1. The van der Waals surface area contributed by atoms with Crippen molar-refractivity contribution in [3.63, 3.8) is 0 Å². The van der Waals surface area contributed by atoms with Crippen molar-refractivity contribution in [2.75, 3.05) is 20.2 Å². The van der Waals surface area contributed by atoms with Crippen molar-refractivity contribution in [1.29, 1.82) is 0 Å². The van der Waals surface area contributed by atoms with Crippen molar-refractivity contribution in [3.05, 3.63) is 67.3 Å². The Kier molecular flexibility index (Phi) is 9.81. The molecule has 1 saturated heterocycles. The second-order valence-electron chi connectivity index (χ2n) is 11.1. The first-order valence-corrected chi connectivity index (χ1v) is 14.9. The van der Waals surface area contributed by atoms with Gasteiger partial charge in [0.1, 0.15) is 35.8 Å². The third-order valence-corrected chi connectivity index (χ3v) is 8.05. The number of alkyl carbamates (subject to hydrolysis) is 1. The van der Waals surface area contributed by atoms with Crippen molar-refractivity contribution in [1.82, 2.24) is 20.5 Å². The predicted octanol–water partition coefficient (Wildman–Crippen LogP) is 3.08. The number of likely N-dealkylation sites (tertiary alicyclic amines) is 1. The molecule has 2 aliphatic rings. The Morgan fingerprint density at radius 3 is 2.53 bits per heavy atom. The molecule has 0 spiro atoms. The van der Waals surface area contributed by atoms with Crippen molar-refractivity contribution in [2.45, 2.75) is 56.4 Å². The van der Waals surface area contributed by atoms with E-state index in [9.17, 15) is 19.2 Å². The Hall–Kier alpha value is -5.13. The molecule has 12 nitrogen and oxygen atoms in total. The number of nitrogens with zero attached hydrogens (tertiary/aromatic N) is 2. The molecule has 2 fully saturated rings. The number of aromatic nitrogens is 1. The number of pyridine rings is 1. The monoisotopic (exact) mass is 615 g/mol. The van der Waals surface area contributed by atoms with E-state index >= 15 is 0 Å². The van der Waals surface area contributed by atoms with Gasteiger partial charge in [0.2, 0.25) is 17.7 Å². The zero-order valence-corrected chi connectivity index (χ0v) is 25.1. The van der Waals surface area contributed by atoms with E-state index < -0.39 is 42.0 Å². The number of amides is 4. The van der Waals surface area contributed by atoms with E-state index in [0.29, 0.717) is 22.7 Å². The SMILES string of the molecule is C=CC(=O)NC[C@H](NC(=O)OC1CCCC1)C(=O)N1C[C@H](Oc2cc(-c3ccccc3)nc3cc(OC)ccc23)C[C@H]1C(N)=O. The fraction of sp³-hybridized carbons (Fsp3) is 0.364. The van der Waals surface area contributed by atoms with Crippen LogP contribution in [-0.4, -0.2) is 78.2 Å². The maximum absolute atomic E-state index is 13.8. The number of rotatable bonds is 11. The Bertz CT molecular complexity index is 1570. The lowest BCUT2D eigenvalue weighted by Crippen LogP contribution is -2.56. The number of ether oxygens (including phenoxy) is 3. The standard InChI is InChI=1S/C33H37N5O7/c1-3-30(39)35-18-27(37-33(42)45-21-11-7-8-12-21)32(41)38-19-23(16-28(38)31(34)40)44-29-17-25(20-9-5-4-6-10-20)36-26-15-22(43-2)13-14-24(26)29/h3-6,9-10,13-15,17,21,23,27-28H,1,7-8,11-12,16,18-19H2,2H3,(H2,34,40)(H,35,39)(H,37,42)/t23-,27+,28+/m1/s1. The first-order chi connectivity index (χ1) is 21.7. The van der Waals surface area contributed by atoms with Crippen LogP contribution in [0.5, 0.6) is 11.5 Å². The summed E-state index contributed by atoms with van der Waals surface area (Å²) >= 11 is 0. The van der Waals surface area contributed by atoms with Crippen molar-refractivity contribution >= 4 is 34.7 Å². The summed E-state index contributed by atoms with van der Waals surface area (Å²) in [5, 5.41) is 5.83. The Balaban J connectivity index is 1.39. The third kappa shape index (κ3) is 7.51.